The van der Waals surface area contributed by atoms with E-state index in [0.29, 0.717) is 16.2 Å². The van der Waals surface area contributed by atoms with Crippen LogP contribution in [-0.2, 0) is 0 Å². The van der Waals surface area contributed by atoms with E-state index in [1.165, 1.54) is 36.7 Å². The molecule has 2 unspecified atom stereocenters. The zero-order valence-electron chi connectivity index (χ0n) is 9.88. The maximum Gasteiger partial charge on any atom is 0.136 e. The van der Waals surface area contributed by atoms with E-state index in [0.717, 1.165) is 18.9 Å². The highest BCUT2D eigenvalue weighted by molar-refractivity contribution is 8.00. The largest absolute Gasteiger partial charge is 0.316 e. The minimum atomic E-state index is -0.370. The van der Waals surface area contributed by atoms with E-state index in [1.54, 1.807) is 0 Å². The van der Waals surface area contributed by atoms with Crippen LogP contribution in [0.1, 0.15) is 25.7 Å². The van der Waals surface area contributed by atoms with Crippen molar-refractivity contribution >= 4 is 11.8 Å². The van der Waals surface area contributed by atoms with Gasteiger partial charge >= 0.3 is 0 Å². The highest BCUT2D eigenvalue weighted by atomic mass is 32.2. The van der Waals surface area contributed by atoms with Crippen LogP contribution >= 0.6 is 11.8 Å². The zero-order valence-corrected chi connectivity index (χ0v) is 10.7. The van der Waals surface area contributed by atoms with Crippen molar-refractivity contribution in [2.75, 3.05) is 7.05 Å². The molecule has 0 radical (unpaired) electrons. The van der Waals surface area contributed by atoms with Crippen LogP contribution in [0.25, 0.3) is 0 Å². The molecule has 1 aromatic rings. The summed E-state index contributed by atoms with van der Waals surface area (Å²) in [5, 5.41) is 3.61. The van der Waals surface area contributed by atoms with Crippen molar-refractivity contribution < 1.29 is 8.78 Å². The number of hydrogen-bond donors (Lipinski definition) is 1. The molecule has 1 aliphatic rings. The van der Waals surface area contributed by atoms with Crippen molar-refractivity contribution in [3.63, 3.8) is 0 Å². The molecule has 0 saturated heterocycles. The Balaban J connectivity index is 2.10. The lowest BCUT2D eigenvalue weighted by Gasteiger charge is -2.30. The molecular formula is C13H17F2NS. The Morgan fingerprint density at radius 3 is 2.76 bits per heavy atom. The minimum absolute atomic E-state index is 0.322. The van der Waals surface area contributed by atoms with Gasteiger partial charge in [0, 0.05) is 16.2 Å². The van der Waals surface area contributed by atoms with E-state index in [4.69, 9.17) is 0 Å². The van der Waals surface area contributed by atoms with Crippen LogP contribution in [0, 0.1) is 11.6 Å². The van der Waals surface area contributed by atoms with Crippen molar-refractivity contribution in [2.24, 2.45) is 0 Å². The molecule has 0 heterocycles. The topological polar surface area (TPSA) is 12.0 Å². The molecule has 1 N–H and O–H groups in total. The Bertz CT molecular complexity index is 384. The van der Waals surface area contributed by atoms with Gasteiger partial charge in [-0.3, -0.25) is 0 Å². The van der Waals surface area contributed by atoms with Gasteiger partial charge < -0.3 is 5.32 Å². The highest BCUT2D eigenvalue weighted by Crippen LogP contribution is 2.35. The highest BCUT2D eigenvalue weighted by Gasteiger charge is 2.25. The van der Waals surface area contributed by atoms with Gasteiger partial charge in [0.25, 0.3) is 0 Å². The number of nitrogens with one attached hydrogen (secondary N) is 1. The number of rotatable bonds is 3. The fourth-order valence-electron chi connectivity index (χ4n) is 2.30. The summed E-state index contributed by atoms with van der Waals surface area (Å²) in [4.78, 5) is 0.428. The number of benzene rings is 1. The first-order valence-corrected chi connectivity index (χ1v) is 6.87. The summed E-state index contributed by atoms with van der Waals surface area (Å²) < 4.78 is 26.6. The number of hydrogen-bond acceptors (Lipinski definition) is 2. The lowest BCUT2D eigenvalue weighted by atomic mass is 9.95. The van der Waals surface area contributed by atoms with Crippen LogP contribution in [0.15, 0.2) is 23.1 Å². The molecule has 17 heavy (non-hydrogen) atoms. The molecule has 1 aromatic carbocycles. The van der Waals surface area contributed by atoms with Gasteiger partial charge in [0.15, 0.2) is 0 Å². The van der Waals surface area contributed by atoms with E-state index in [-0.39, 0.29) is 11.6 Å². The second kappa shape index (κ2) is 5.83. The molecular weight excluding hydrogens is 240 g/mol. The average molecular weight is 257 g/mol. The first-order chi connectivity index (χ1) is 8.20. The standard InChI is InChI=1S/C13H17F2NS/c1-16-11-4-2-3-5-12(11)17-13-8-9(14)6-7-10(13)15/h6-8,11-12,16H,2-5H2,1H3. The fraction of sp³-hybridized carbons (Fsp3) is 0.538. The van der Waals surface area contributed by atoms with Gasteiger partial charge in [0.1, 0.15) is 11.6 Å². The fourth-order valence-corrected chi connectivity index (χ4v) is 3.71. The van der Waals surface area contributed by atoms with Gasteiger partial charge in [-0.1, -0.05) is 12.8 Å². The molecule has 0 spiro atoms. The third kappa shape index (κ3) is 3.19. The maximum absolute atomic E-state index is 13.5. The second-order valence-electron chi connectivity index (χ2n) is 4.41. The molecule has 1 aliphatic carbocycles. The van der Waals surface area contributed by atoms with Crippen molar-refractivity contribution in [3.05, 3.63) is 29.8 Å². The summed E-state index contributed by atoms with van der Waals surface area (Å²) in [5.41, 5.74) is 0. The van der Waals surface area contributed by atoms with Crippen LogP contribution in [0.3, 0.4) is 0 Å². The second-order valence-corrected chi connectivity index (χ2v) is 5.69. The predicted octanol–water partition coefficient (Wildman–Crippen LogP) is 3.59. The Morgan fingerprint density at radius 1 is 1.24 bits per heavy atom. The van der Waals surface area contributed by atoms with E-state index in [9.17, 15) is 8.78 Å². The molecule has 2 atom stereocenters. The van der Waals surface area contributed by atoms with Crippen LogP contribution in [0.2, 0.25) is 0 Å². The van der Waals surface area contributed by atoms with Crippen molar-refractivity contribution in [2.45, 2.75) is 41.9 Å². The summed E-state index contributed by atoms with van der Waals surface area (Å²) in [6.45, 7) is 0. The molecule has 1 nitrogen and oxygen atoms in total. The van der Waals surface area contributed by atoms with Crippen molar-refractivity contribution in [1.29, 1.82) is 0 Å². The SMILES string of the molecule is CNC1CCCCC1Sc1cc(F)ccc1F. The number of halogens is 2. The first-order valence-electron chi connectivity index (χ1n) is 5.99. The molecule has 0 bridgehead atoms. The van der Waals surface area contributed by atoms with Gasteiger partial charge in [-0.15, -0.1) is 11.8 Å². The lowest BCUT2D eigenvalue weighted by Crippen LogP contribution is -2.38. The molecule has 0 amide bonds. The third-order valence-electron chi connectivity index (χ3n) is 3.24. The average Bonchev–Trinajstić information content (AvgIpc) is 2.34. The van der Waals surface area contributed by atoms with Crippen LogP contribution in [0.4, 0.5) is 8.78 Å². The van der Waals surface area contributed by atoms with Crippen LogP contribution < -0.4 is 5.32 Å². The van der Waals surface area contributed by atoms with Gasteiger partial charge in [0.2, 0.25) is 0 Å². The first kappa shape index (κ1) is 12.8. The molecule has 94 valence electrons. The number of thioether (sulfide) groups is 1. The van der Waals surface area contributed by atoms with E-state index < -0.39 is 0 Å². The normalized spacial score (nSPS) is 24.9. The summed E-state index contributed by atoms with van der Waals surface area (Å²) >= 11 is 1.46. The van der Waals surface area contributed by atoms with E-state index in [1.807, 2.05) is 7.05 Å². The minimum Gasteiger partial charge on any atom is -0.316 e. The summed E-state index contributed by atoms with van der Waals surface area (Å²) in [6, 6.07) is 4.06. The molecule has 0 aliphatic heterocycles. The molecule has 1 fully saturated rings. The maximum atomic E-state index is 13.5. The summed E-state index contributed by atoms with van der Waals surface area (Å²) in [7, 11) is 1.94. The smallest absolute Gasteiger partial charge is 0.136 e. The van der Waals surface area contributed by atoms with E-state index in [2.05, 4.69) is 5.32 Å². The quantitative estimate of drug-likeness (QED) is 0.888. The predicted molar refractivity (Wildman–Crippen MR) is 67.3 cm³/mol. The Kier molecular flexibility index (Phi) is 4.40. The Hall–Kier alpha value is -0.610. The monoisotopic (exact) mass is 257 g/mol. The van der Waals surface area contributed by atoms with Crippen LogP contribution in [0.5, 0.6) is 0 Å². The van der Waals surface area contributed by atoms with Crippen molar-refractivity contribution in [3.8, 4) is 0 Å². The molecule has 4 heteroatoms. The summed E-state index contributed by atoms with van der Waals surface area (Å²) in [6.07, 6.45) is 4.57. The van der Waals surface area contributed by atoms with Crippen molar-refractivity contribution in [1.82, 2.24) is 5.32 Å². The third-order valence-corrected chi connectivity index (χ3v) is 4.68. The Morgan fingerprint density at radius 2 is 2.00 bits per heavy atom. The lowest BCUT2D eigenvalue weighted by molar-refractivity contribution is 0.405. The van der Waals surface area contributed by atoms with Crippen LogP contribution in [-0.4, -0.2) is 18.3 Å². The zero-order chi connectivity index (χ0) is 12.3. The van der Waals surface area contributed by atoms with Gasteiger partial charge in [0.05, 0.1) is 0 Å². The molecule has 2 rings (SSSR count). The van der Waals surface area contributed by atoms with Gasteiger partial charge in [-0.2, -0.15) is 0 Å². The summed E-state index contributed by atoms with van der Waals surface area (Å²) in [5.74, 6) is -0.692. The molecule has 0 aromatic heterocycles. The van der Waals surface area contributed by atoms with Gasteiger partial charge in [-0.25, -0.2) is 8.78 Å². The van der Waals surface area contributed by atoms with E-state index >= 15 is 0 Å². The molecule has 1 saturated carbocycles. The Labute approximate surface area is 105 Å². The van der Waals surface area contributed by atoms with Gasteiger partial charge in [-0.05, 0) is 38.1 Å².